The average Bonchev–Trinajstić information content (AvgIpc) is 2.30. The second kappa shape index (κ2) is 4.56. The Kier molecular flexibility index (Phi) is 3.31. The number of fused-ring (bicyclic) bond motifs is 2. The lowest BCUT2D eigenvalue weighted by Crippen LogP contribution is -2.55. The Labute approximate surface area is 102 Å². The summed E-state index contributed by atoms with van der Waals surface area (Å²) in [5.74, 6) is 1.22. The first-order chi connectivity index (χ1) is 7.33. The van der Waals surface area contributed by atoms with E-state index >= 15 is 0 Å². The van der Waals surface area contributed by atoms with Crippen LogP contribution in [0.15, 0.2) is 30.3 Å². The molecule has 2 unspecified atom stereocenters. The van der Waals surface area contributed by atoms with E-state index in [0.717, 1.165) is 26.1 Å². The van der Waals surface area contributed by atoms with Crippen LogP contribution in [0.1, 0.15) is 12.0 Å². The third kappa shape index (κ3) is 2.00. The fraction of sp³-hybridized carbons (Fsp3) is 0.462. The van der Waals surface area contributed by atoms with Crippen LogP contribution in [0.5, 0.6) is 0 Å². The summed E-state index contributed by atoms with van der Waals surface area (Å²) in [6, 6.07) is 10.5. The predicted molar refractivity (Wildman–Crippen MR) is 65.6 cm³/mol. The van der Waals surface area contributed by atoms with E-state index in [-0.39, 0.29) is 12.4 Å². The van der Waals surface area contributed by atoms with E-state index < -0.39 is 0 Å². The number of hydrogen-bond donors (Lipinski definition) is 0. The molecular formula is C13H16ClNO. The Hall–Kier alpha value is -0.860. The topological polar surface area (TPSA) is 20.3 Å². The van der Waals surface area contributed by atoms with Gasteiger partial charge in [-0.3, -0.25) is 9.69 Å². The number of carbonyl (C=O) groups excluding carboxylic acids is 1. The lowest BCUT2D eigenvalue weighted by Gasteiger charge is -2.45. The van der Waals surface area contributed by atoms with Crippen LogP contribution in [0.4, 0.5) is 0 Å². The van der Waals surface area contributed by atoms with Crippen LogP contribution in [-0.4, -0.2) is 23.8 Å². The van der Waals surface area contributed by atoms with Gasteiger partial charge in [-0.2, -0.15) is 0 Å². The quantitative estimate of drug-likeness (QED) is 0.786. The maximum atomic E-state index is 11.4. The fourth-order valence-corrected chi connectivity index (χ4v) is 2.75. The molecule has 3 aliphatic rings. The van der Waals surface area contributed by atoms with Gasteiger partial charge in [0.15, 0.2) is 0 Å². The summed E-state index contributed by atoms with van der Waals surface area (Å²) in [6.07, 6.45) is 1.14. The molecule has 1 aromatic carbocycles. The molecule has 2 aliphatic heterocycles. The van der Waals surface area contributed by atoms with Gasteiger partial charge in [0, 0.05) is 31.5 Å². The normalized spacial score (nSPS) is 28.1. The van der Waals surface area contributed by atoms with Crippen LogP contribution in [0.25, 0.3) is 0 Å². The summed E-state index contributed by atoms with van der Waals surface area (Å²) < 4.78 is 0. The van der Waals surface area contributed by atoms with Gasteiger partial charge < -0.3 is 0 Å². The molecule has 1 aromatic rings. The Morgan fingerprint density at radius 2 is 1.75 bits per heavy atom. The first-order valence-electron chi connectivity index (χ1n) is 5.63. The molecule has 0 spiro atoms. The molecule has 3 heteroatoms. The molecule has 0 N–H and O–H groups in total. The Morgan fingerprint density at radius 3 is 2.31 bits per heavy atom. The molecule has 2 heterocycles. The molecule has 4 rings (SSSR count). The monoisotopic (exact) mass is 237 g/mol. The molecule has 3 fully saturated rings. The van der Waals surface area contributed by atoms with E-state index in [4.69, 9.17) is 0 Å². The van der Waals surface area contributed by atoms with Crippen molar-refractivity contribution in [3.05, 3.63) is 35.9 Å². The summed E-state index contributed by atoms with van der Waals surface area (Å²) in [5, 5.41) is 0. The van der Waals surface area contributed by atoms with Crippen molar-refractivity contribution in [1.82, 2.24) is 4.90 Å². The maximum absolute atomic E-state index is 11.4. The summed E-state index contributed by atoms with van der Waals surface area (Å²) in [6.45, 7) is 2.95. The molecular weight excluding hydrogens is 222 g/mol. The van der Waals surface area contributed by atoms with Crippen molar-refractivity contribution in [2.24, 2.45) is 11.8 Å². The number of rotatable bonds is 2. The van der Waals surface area contributed by atoms with Crippen molar-refractivity contribution < 1.29 is 4.79 Å². The van der Waals surface area contributed by atoms with Crippen LogP contribution in [-0.2, 0) is 11.3 Å². The first-order valence-corrected chi connectivity index (χ1v) is 5.63. The Morgan fingerprint density at radius 1 is 1.12 bits per heavy atom. The first kappa shape index (κ1) is 11.6. The SMILES string of the molecule is Cl.O=C1C2CC1CN(Cc1ccccc1)C2. The summed E-state index contributed by atoms with van der Waals surface area (Å²) in [4.78, 5) is 13.8. The summed E-state index contributed by atoms with van der Waals surface area (Å²) >= 11 is 0. The van der Waals surface area contributed by atoms with Gasteiger partial charge in [0.1, 0.15) is 5.78 Å². The number of benzene rings is 1. The molecule has 0 radical (unpaired) electrons. The summed E-state index contributed by atoms with van der Waals surface area (Å²) in [7, 11) is 0. The summed E-state index contributed by atoms with van der Waals surface area (Å²) in [5.41, 5.74) is 1.35. The van der Waals surface area contributed by atoms with Crippen molar-refractivity contribution in [2.45, 2.75) is 13.0 Å². The molecule has 0 amide bonds. The van der Waals surface area contributed by atoms with E-state index in [2.05, 4.69) is 29.2 Å². The van der Waals surface area contributed by atoms with E-state index in [9.17, 15) is 4.79 Å². The van der Waals surface area contributed by atoms with Gasteiger partial charge in [0.2, 0.25) is 0 Å². The minimum Gasteiger partial charge on any atom is -0.299 e. The van der Waals surface area contributed by atoms with Crippen LogP contribution in [0.2, 0.25) is 0 Å². The zero-order chi connectivity index (χ0) is 10.3. The smallest absolute Gasteiger partial charge is 0.141 e. The number of piperidine rings is 2. The van der Waals surface area contributed by atoms with Crippen LogP contribution in [0.3, 0.4) is 0 Å². The van der Waals surface area contributed by atoms with Crippen molar-refractivity contribution in [1.29, 1.82) is 0 Å². The van der Waals surface area contributed by atoms with E-state index in [0.29, 0.717) is 17.6 Å². The number of nitrogens with zero attached hydrogens (tertiary/aromatic N) is 1. The average molecular weight is 238 g/mol. The number of hydrogen-bond acceptors (Lipinski definition) is 2. The Balaban J connectivity index is 0.000000963. The third-order valence-corrected chi connectivity index (χ3v) is 3.58. The highest BCUT2D eigenvalue weighted by Gasteiger charge is 2.45. The van der Waals surface area contributed by atoms with Gasteiger partial charge >= 0.3 is 0 Å². The number of halogens is 1. The second-order valence-electron chi connectivity index (χ2n) is 4.71. The molecule has 2 bridgehead atoms. The molecule has 2 saturated heterocycles. The molecule has 2 atom stereocenters. The molecule has 16 heavy (non-hydrogen) atoms. The molecule has 86 valence electrons. The largest absolute Gasteiger partial charge is 0.299 e. The molecule has 0 aromatic heterocycles. The van der Waals surface area contributed by atoms with Crippen LogP contribution in [0, 0.1) is 11.8 Å². The van der Waals surface area contributed by atoms with Crippen LogP contribution < -0.4 is 0 Å². The van der Waals surface area contributed by atoms with Crippen molar-refractivity contribution in [3.8, 4) is 0 Å². The second-order valence-corrected chi connectivity index (χ2v) is 4.71. The fourth-order valence-electron chi connectivity index (χ4n) is 2.75. The standard InChI is InChI=1S/C13H15NO.ClH/c15-13-11-6-12(13)9-14(8-11)7-10-4-2-1-3-5-10;/h1-5,11-12H,6-9H2;1H. The van der Waals surface area contributed by atoms with Gasteiger partial charge in [0.05, 0.1) is 0 Å². The van der Waals surface area contributed by atoms with E-state index in [1.807, 2.05) is 6.07 Å². The highest BCUT2D eigenvalue weighted by atomic mass is 35.5. The van der Waals surface area contributed by atoms with Crippen LogP contribution >= 0.6 is 12.4 Å². The van der Waals surface area contributed by atoms with E-state index in [1.165, 1.54) is 5.56 Å². The van der Waals surface area contributed by atoms with Crippen molar-refractivity contribution in [3.63, 3.8) is 0 Å². The van der Waals surface area contributed by atoms with Gasteiger partial charge in [0.25, 0.3) is 0 Å². The maximum Gasteiger partial charge on any atom is 0.141 e. The minimum atomic E-state index is 0. The van der Waals surface area contributed by atoms with E-state index in [1.54, 1.807) is 0 Å². The highest BCUT2D eigenvalue weighted by Crippen LogP contribution is 2.36. The lowest BCUT2D eigenvalue weighted by atomic mass is 9.69. The van der Waals surface area contributed by atoms with Gasteiger partial charge in [-0.25, -0.2) is 0 Å². The van der Waals surface area contributed by atoms with Crippen molar-refractivity contribution in [2.75, 3.05) is 13.1 Å². The zero-order valence-electron chi connectivity index (χ0n) is 9.13. The van der Waals surface area contributed by atoms with Crippen molar-refractivity contribution >= 4 is 18.2 Å². The highest BCUT2D eigenvalue weighted by molar-refractivity contribution is 5.90. The number of Topliss-reactive ketones (excluding diaryl/α,β-unsaturated/α-hetero) is 1. The number of carbonyl (C=O) groups is 1. The molecule has 2 nitrogen and oxygen atoms in total. The van der Waals surface area contributed by atoms with Gasteiger partial charge in [-0.15, -0.1) is 12.4 Å². The lowest BCUT2D eigenvalue weighted by molar-refractivity contribution is -0.143. The van der Waals surface area contributed by atoms with Gasteiger partial charge in [-0.1, -0.05) is 30.3 Å². The molecule has 1 saturated carbocycles. The molecule has 1 aliphatic carbocycles. The Bertz CT molecular complexity index is 365. The third-order valence-electron chi connectivity index (χ3n) is 3.58. The van der Waals surface area contributed by atoms with Gasteiger partial charge in [-0.05, 0) is 12.0 Å². The predicted octanol–water partition coefficient (Wildman–Crippen LogP) is 2.13. The minimum absolute atomic E-state index is 0. The number of ketones is 1. The zero-order valence-corrected chi connectivity index (χ0v) is 9.95.